The minimum Gasteiger partial charge on any atom is -0.481 e. The number of nitrogens with two attached hydrogens (primary N) is 1. The van der Waals surface area contributed by atoms with E-state index in [1.807, 2.05) is 5.32 Å². The Balaban J connectivity index is 2.94. The minimum absolute atomic E-state index is 0.285. The summed E-state index contributed by atoms with van der Waals surface area (Å²) in [6, 6.07) is -6.54. The third kappa shape index (κ3) is 8.24. The minimum atomic E-state index is -1.68. The largest absolute Gasteiger partial charge is 0.481 e. The van der Waals surface area contributed by atoms with Gasteiger partial charge in [-0.25, -0.2) is 4.79 Å². The van der Waals surface area contributed by atoms with Crippen LogP contribution in [0.1, 0.15) is 32.6 Å². The maximum absolute atomic E-state index is 12.8. The van der Waals surface area contributed by atoms with E-state index in [2.05, 4.69) is 10.6 Å². The first-order valence-electron chi connectivity index (χ1n) is 10.6. The molecule has 9 N–H and O–H groups in total. The molecule has 0 bridgehead atoms. The van der Waals surface area contributed by atoms with Crippen molar-refractivity contribution in [1.82, 2.24) is 20.9 Å². The molecule has 15 heteroatoms. The Hall–Kier alpha value is -3.30. The lowest BCUT2D eigenvalue weighted by molar-refractivity contribution is -0.143. The van der Waals surface area contributed by atoms with Gasteiger partial charge in [-0.2, -0.15) is 0 Å². The predicted octanol–water partition coefficient (Wildman–Crippen LogP) is -4.29. The van der Waals surface area contributed by atoms with Gasteiger partial charge in [0.1, 0.15) is 24.2 Å². The van der Waals surface area contributed by atoms with Crippen LogP contribution < -0.4 is 21.7 Å². The van der Waals surface area contributed by atoms with Gasteiger partial charge in [0, 0.05) is 13.0 Å². The summed E-state index contributed by atoms with van der Waals surface area (Å²) >= 11 is 0. The first kappa shape index (κ1) is 28.7. The number of carbonyl (C=O) groups is 6. The van der Waals surface area contributed by atoms with Crippen LogP contribution in [0.15, 0.2) is 0 Å². The van der Waals surface area contributed by atoms with Crippen LogP contribution in [0.3, 0.4) is 0 Å². The maximum Gasteiger partial charge on any atom is 0.328 e. The molecule has 0 aliphatic carbocycles. The van der Waals surface area contributed by atoms with Crippen molar-refractivity contribution in [2.24, 2.45) is 5.73 Å². The number of nitrogens with one attached hydrogen (secondary N) is 3. The molecule has 0 unspecified atom stereocenters. The normalized spacial score (nSPS) is 18.8. The third-order valence-corrected chi connectivity index (χ3v) is 5.12. The number of rotatable bonds is 13. The van der Waals surface area contributed by atoms with E-state index in [0.29, 0.717) is 12.8 Å². The summed E-state index contributed by atoms with van der Waals surface area (Å²) in [5.41, 5.74) is 5.60. The highest BCUT2D eigenvalue weighted by molar-refractivity contribution is 5.95. The zero-order valence-corrected chi connectivity index (χ0v) is 18.6. The van der Waals surface area contributed by atoms with Crippen molar-refractivity contribution in [1.29, 1.82) is 0 Å². The molecule has 0 spiro atoms. The van der Waals surface area contributed by atoms with Gasteiger partial charge in [-0.1, -0.05) is 0 Å². The number of carbonyl (C=O) groups excluding carboxylic acids is 4. The number of hydrogen-bond acceptors (Lipinski definition) is 9. The van der Waals surface area contributed by atoms with Gasteiger partial charge in [-0.15, -0.1) is 0 Å². The van der Waals surface area contributed by atoms with E-state index < -0.39 is 85.4 Å². The van der Waals surface area contributed by atoms with Gasteiger partial charge in [0.25, 0.3) is 0 Å². The number of carboxylic acid groups (broad SMARTS) is 2. The molecule has 1 fully saturated rings. The number of nitrogens with zero attached hydrogens (tertiary/aromatic N) is 1. The summed E-state index contributed by atoms with van der Waals surface area (Å²) in [6.45, 7) is -0.145. The standard InChI is InChI=1S/C19H31N5O10/c1-9(20)18(32)24-6-2-3-13(24)17(31)21-10(4-5-14(27)28)15(29)22-11(7-25)16(30)23-12(8-26)19(33)34/h9-13,25-26H,2-8,20H2,1H3,(H,21,31)(H,22,29)(H,23,30)(H,27,28)(H,33,34)/t9-,10-,11-,12-,13-/m0/s1. The quantitative estimate of drug-likeness (QED) is 0.123. The van der Waals surface area contributed by atoms with Crippen molar-refractivity contribution in [3.05, 3.63) is 0 Å². The Bertz CT molecular complexity index is 789. The molecule has 1 saturated heterocycles. The van der Waals surface area contributed by atoms with E-state index >= 15 is 0 Å². The Morgan fingerprint density at radius 3 is 2.00 bits per heavy atom. The Morgan fingerprint density at radius 2 is 1.50 bits per heavy atom. The molecule has 192 valence electrons. The van der Waals surface area contributed by atoms with E-state index in [0.717, 1.165) is 0 Å². The second kappa shape index (κ2) is 13.4. The fourth-order valence-electron chi connectivity index (χ4n) is 3.29. The molecule has 4 amide bonds. The Kier molecular flexibility index (Phi) is 11.3. The zero-order chi connectivity index (χ0) is 26.0. The SMILES string of the molecule is C[C@H](N)C(=O)N1CCC[C@H]1C(=O)N[C@@H](CCC(=O)O)C(=O)N[C@@H](CO)C(=O)N[C@@H](CO)C(=O)O. The van der Waals surface area contributed by atoms with Gasteiger partial charge in [0.15, 0.2) is 0 Å². The molecule has 0 saturated carbocycles. The van der Waals surface area contributed by atoms with Crippen molar-refractivity contribution >= 4 is 35.6 Å². The fraction of sp³-hybridized carbons (Fsp3) is 0.684. The van der Waals surface area contributed by atoms with Crippen molar-refractivity contribution < 1.29 is 49.2 Å². The molecule has 1 rings (SSSR count). The summed E-state index contributed by atoms with van der Waals surface area (Å²) in [6.07, 6.45) is -0.0655. The highest BCUT2D eigenvalue weighted by Crippen LogP contribution is 2.18. The summed E-state index contributed by atoms with van der Waals surface area (Å²) in [5, 5.41) is 42.8. The molecule has 0 aromatic heterocycles. The van der Waals surface area contributed by atoms with Gasteiger partial charge in [-0.05, 0) is 26.2 Å². The fourth-order valence-corrected chi connectivity index (χ4v) is 3.29. The highest BCUT2D eigenvalue weighted by atomic mass is 16.4. The number of aliphatic carboxylic acids is 2. The molecular formula is C19H31N5O10. The molecule has 0 radical (unpaired) electrons. The molecule has 0 aromatic carbocycles. The second-order valence-corrected chi connectivity index (χ2v) is 7.80. The second-order valence-electron chi connectivity index (χ2n) is 7.80. The van der Waals surface area contributed by atoms with E-state index in [1.54, 1.807) is 0 Å². The average molecular weight is 489 g/mol. The van der Waals surface area contributed by atoms with Crippen molar-refractivity contribution in [3.63, 3.8) is 0 Å². The molecule has 1 aliphatic heterocycles. The van der Waals surface area contributed by atoms with Gasteiger partial charge >= 0.3 is 11.9 Å². The molecular weight excluding hydrogens is 458 g/mol. The van der Waals surface area contributed by atoms with Crippen LogP contribution in [-0.2, 0) is 28.8 Å². The first-order valence-corrected chi connectivity index (χ1v) is 10.6. The Labute approximate surface area is 194 Å². The maximum atomic E-state index is 12.8. The summed E-state index contributed by atoms with van der Waals surface area (Å²) < 4.78 is 0. The number of aliphatic hydroxyl groups is 2. The molecule has 15 nitrogen and oxygen atoms in total. The summed E-state index contributed by atoms with van der Waals surface area (Å²) in [4.78, 5) is 73.2. The van der Waals surface area contributed by atoms with E-state index in [-0.39, 0.29) is 13.0 Å². The van der Waals surface area contributed by atoms with Crippen LogP contribution in [-0.4, -0.2) is 111 Å². The Morgan fingerprint density at radius 1 is 0.941 bits per heavy atom. The van der Waals surface area contributed by atoms with Crippen LogP contribution in [0.5, 0.6) is 0 Å². The van der Waals surface area contributed by atoms with Crippen LogP contribution in [0.2, 0.25) is 0 Å². The van der Waals surface area contributed by atoms with Crippen LogP contribution in [0, 0.1) is 0 Å². The number of carboxylic acids is 2. The molecule has 0 aromatic rings. The number of likely N-dealkylation sites (tertiary alicyclic amines) is 1. The smallest absolute Gasteiger partial charge is 0.328 e. The van der Waals surface area contributed by atoms with Gasteiger partial charge in [0.05, 0.1) is 19.3 Å². The lowest BCUT2D eigenvalue weighted by atomic mass is 10.1. The average Bonchev–Trinajstić information content (AvgIpc) is 3.26. The molecule has 34 heavy (non-hydrogen) atoms. The van der Waals surface area contributed by atoms with Crippen molar-refractivity contribution in [3.8, 4) is 0 Å². The van der Waals surface area contributed by atoms with E-state index in [4.69, 9.17) is 21.1 Å². The van der Waals surface area contributed by atoms with E-state index in [9.17, 15) is 33.9 Å². The predicted molar refractivity (Wildman–Crippen MR) is 113 cm³/mol. The third-order valence-electron chi connectivity index (χ3n) is 5.12. The lowest BCUT2D eigenvalue weighted by Crippen LogP contribution is -2.59. The number of hydrogen-bond donors (Lipinski definition) is 8. The van der Waals surface area contributed by atoms with Gasteiger partial charge in [-0.3, -0.25) is 24.0 Å². The monoisotopic (exact) mass is 489 g/mol. The van der Waals surface area contributed by atoms with Crippen molar-refractivity contribution in [2.45, 2.75) is 62.8 Å². The van der Waals surface area contributed by atoms with Crippen LogP contribution in [0.4, 0.5) is 0 Å². The molecule has 1 aliphatic rings. The van der Waals surface area contributed by atoms with Crippen LogP contribution >= 0.6 is 0 Å². The molecule has 5 atom stereocenters. The lowest BCUT2D eigenvalue weighted by Gasteiger charge is -2.28. The summed E-state index contributed by atoms with van der Waals surface area (Å²) in [5.74, 6) is -6.11. The van der Waals surface area contributed by atoms with Gasteiger partial charge < -0.3 is 47.0 Å². The van der Waals surface area contributed by atoms with Crippen molar-refractivity contribution in [2.75, 3.05) is 19.8 Å². The first-order chi connectivity index (χ1) is 15.9. The van der Waals surface area contributed by atoms with Crippen LogP contribution in [0.25, 0.3) is 0 Å². The van der Waals surface area contributed by atoms with Gasteiger partial charge in [0.2, 0.25) is 23.6 Å². The zero-order valence-electron chi connectivity index (χ0n) is 18.6. The number of amides is 4. The molecule has 1 heterocycles. The highest BCUT2D eigenvalue weighted by Gasteiger charge is 2.37. The van der Waals surface area contributed by atoms with E-state index in [1.165, 1.54) is 11.8 Å². The topological polar surface area (TPSA) is 249 Å². The number of aliphatic hydroxyl groups excluding tert-OH is 2. The summed E-state index contributed by atoms with van der Waals surface area (Å²) in [7, 11) is 0.